The normalized spacial score (nSPS) is 16.0. The number of rotatable bonds is 4. The first kappa shape index (κ1) is 13.6. The lowest BCUT2D eigenvalue weighted by Crippen LogP contribution is -2.47. The predicted octanol–water partition coefficient (Wildman–Crippen LogP) is 2.17. The van der Waals surface area contributed by atoms with E-state index in [9.17, 15) is 10.0 Å². The zero-order chi connectivity index (χ0) is 14.7. The van der Waals surface area contributed by atoms with Crippen molar-refractivity contribution in [3.8, 4) is 0 Å². The number of aromatic nitrogens is 1. The quantitative estimate of drug-likeness (QED) is 0.690. The Balaban J connectivity index is 1.72. The van der Waals surface area contributed by atoms with Gasteiger partial charge in [0.1, 0.15) is 0 Å². The molecule has 0 bridgehead atoms. The third-order valence-corrected chi connectivity index (χ3v) is 4.34. The first-order chi connectivity index (χ1) is 10.2. The van der Waals surface area contributed by atoms with Gasteiger partial charge in [-0.2, -0.15) is 4.73 Å². The van der Waals surface area contributed by atoms with Gasteiger partial charge in [-0.15, -0.1) is 0 Å². The van der Waals surface area contributed by atoms with Crippen LogP contribution in [0.2, 0.25) is 0 Å². The van der Waals surface area contributed by atoms with Crippen molar-refractivity contribution in [2.45, 2.75) is 24.7 Å². The molecule has 1 amide bonds. The van der Waals surface area contributed by atoms with Crippen molar-refractivity contribution < 1.29 is 9.52 Å². The Hall–Kier alpha value is -2.36. The molecular formula is C17H18N2O2. The second kappa shape index (κ2) is 5.56. The Morgan fingerprint density at radius 2 is 1.86 bits per heavy atom. The topological polar surface area (TPSA) is 56.0 Å². The van der Waals surface area contributed by atoms with E-state index in [1.807, 2.05) is 18.2 Å². The van der Waals surface area contributed by atoms with Gasteiger partial charge in [0, 0.05) is 24.1 Å². The molecule has 0 saturated heterocycles. The lowest BCUT2D eigenvalue weighted by molar-refractivity contribution is -0.607. The largest absolute Gasteiger partial charge is 0.618 e. The first-order valence-corrected chi connectivity index (χ1v) is 7.23. The molecule has 1 aromatic heterocycles. The Kier molecular flexibility index (Phi) is 3.60. The highest BCUT2D eigenvalue weighted by molar-refractivity contribution is 5.90. The van der Waals surface area contributed by atoms with Crippen molar-refractivity contribution in [2.24, 2.45) is 0 Å². The Morgan fingerprint density at radius 1 is 1.14 bits per heavy atom. The summed E-state index contributed by atoms with van der Waals surface area (Å²) < 4.78 is 0.602. The molecule has 3 rings (SSSR count). The number of hydrogen-bond donors (Lipinski definition) is 1. The van der Waals surface area contributed by atoms with Crippen LogP contribution in [0.25, 0.3) is 0 Å². The number of nitrogens with one attached hydrogen (secondary N) is 1. The molecule has 4 heteroatoms. The fourth-order valence-electron chi connectivity index (χ4n) is 2.91. The van der Waals surface area contributed by atoms with E-state index in [0.29, 0.717) is 11.3 Å². The number of carbonyl (C=O) groups is 1. The first-order valence-electron chi connectivity index (χ1n) is 7.23. The van der Waals surface area contributed by atoms with Crippen LogP contribution >= 0.6 is 0 Å². The van der Waals surface area contributed by atoms with E-state index >= 15 is 0 Å². The Labute approximate surface area is 124 Å². The van der Waals surface area contributed by atoms with Gasteiger partial charge in [0.15, 0.2) is 6.20 Å². The maximum atomic E-state index is 12.2. The van der Waals surface area contributed by atoms with Crippen molar-refractivity contribution >= 4 is 5.91 Å². The lowest BCUT2D eigenvalue weighted by atomic mass is 9.64. The molecule has 2 aromatic rings. The molecule has 108 valence electrons. The number of amides is 1. The molecule has 1 heterocycles. The zero-order valence-electron chi connectivity index (χ0n) is 11.8. The van der Waals surface area contributed by atoms with E-state index in [1.165, 1.54) is 24.2 Å². The summed E-state index contributed by atoms with van der Waals surface area (Å²) in [5, 5.41) is 14.5. The van der Waals surface area contributed by atoms with Crippen LogP contribution in [0, 0.1) is 5.21 Å². The summed E-state index contributed by atoms with van der Waals surface area (Å²) in [6, 6.07) is 15.1. The standard InChI is InChI=1S/C17H18N2O2/c20-16(15-9-4-5-12-19(15)21)18-13-17(10-6-11-17)14-7-2-1-3-8-14/h1-5,7-9,12H,6,10-11,13H2,(H,18,20). The molecule has 0 aliphatic heterocycles. The van der Waals surface area contributed by atoms with Gasteiger partial charge < -0.3 is 10.5 Å². The second-order valence-corrected chi connectivity index (χ2v) is 5.59. The molecule has 1 aliphatic carbocycles. The van der Waals surface area contributed by atoms with Gasteiger partial charge in [0.05, 0.1) is 0 Å². The lowest BCUT2D eigenvalue weighted by Gasteiger charge is -2.42. The maximum absolute atomic E-state index is 12.2. The van der Waals surface area contributed by atoms with E-state index in [2.05, 4.69) is 17.4 Å². The highest BCUT2D eigenvalue weighted by atomic mass is 16.5. The zero-order valence-corrected chi connectivity index (χ0v) is 11.8. The monoisotopic (exact) mass is 282 g/mol. The molecule has 1 N–H and O–H groups in total. The van der Waals surface area contributed by atoms with Crippen molar-refractivity contribution in [2.75, 3.05) is 6.54 Å². The molecule has 0 spiro atoms. The van der Waals surface area contributed by atoms with Gasteiger partial charge in [-0.25, -0.2) is 0 Å². The predicted molar refractivity (Wildman–Crippen MR) is 79.7 cm³/mol. The molecule has 1 saturated carbocycles. The summed E-state index contributed by atoms with van der Waals surface area (Å²) in [6.07, 6.45) is 4.66. The van der Waals surface area contributed by atoms with Crippen LogP contribution in [-0.2, 0) is 5.41 Å². The van der Waals surface area contributed by atoms with Crippen molar-refractivity contribution in [3.63, 3.8) is 0 Å². The minimum absolute atomic E-state index is 0.0272. The minimum atomic E-state index is -0.312. The fourth-order valence-corrected chi connectivity index (χ4v) is 2.91. The number of carbonyl (C=O) groups excluding carboxylic acids is 1. The van der Waals surface area contributed by atoms with Crippen LogP contribution < -0.4 is 10.0 Å². The molecule has 0 atom stereocenters. The molecule has 1 aromatic carbocycles. The smallest absolute Gasteiger partial charge is 0.317 e. The number of benzene rings is 1. The van der Waals surface area contributed by atoms with Crippen LogP contribution in [0.15, 0.2) is 54.7 Å². The van der Waals surface area contributed by atoms with E-state index in [4.69, 9.17) is 0 Å². The fraction of sp³-hybridized carbons (Fsp3) is 0.294. The van der Waals surface area contributed by atoms with E-state index in [-0.39, 0.29) is 17.0 Å². The average molecular weight is 282 g/mol. The summed E-state index contributed by atoms with van der Waals surface area (Å²) in [5.74, 6) is -0.312. The molecule has 1 aliphatic rings. The van der Waals surface area contributed by atoms with E-state index in [0.717, 1.165) is 12.8 Å². The minimum Gasteiger partial charge on any atom is -0.618 e. The van der Waals surface area contributed by atoms with Gasteiger partial charge in [-0.3, -0.25) is 4.79 Å². The average Bonchev–Trinajstić information content (AvgIpc) is 2.47. The summed E-state index contributed by atoms with van der Waals surface area (Å²) in [5.41, 5.74) is 1.43. The number of hydrogen-bond acceptors (Lipinski definition) is 2. The van der Waals surface area contributed by atoms with Gasteiger partial charge in [-0.1, -0.05) is 36.8 Å². The van der Waals surface area contributed by atoms with Gasteiger partial charge in [0.25, 0.3) is 5.69 Å². The van der Waals surface area contributed by atoms with Crippen LogP contribution in [0.1, 0.15) is 35.3 Å². The van der Waals surface area contributed by atoms with E-state index in [1.54, 1.807) is 12.1 Å². The third-order valence-electron chi connectivity index (χ3n) is 4.34. The molecular weight excluding hydrogens is 264 g/mol. The molecule has 1 fully saturated rings. The van der Waals surface area contributed by atoms with Crippen molar-refractivity contribution in [1.29, 1.82) is 0 Å². The van der Waals surface area contributed by atoms with Crippen LogP contribution in [0.3, 0.4) is 0 Å². The van der Waals surface area contributed by atoms with Crippen LogP contribution in [-0.4, -0.2) is 12.5 Å². The third kappa shape index (κ3) is 2.61. The summed E-state index contributed by atoms with van der Waals surface area (Å²) >= 11 is 0. The maximum Gasteiger partial charge on any atom is 0.317 e. The van der Waals surface area contributed by atoms with Gasteiger partial charge >= 0.3 is 5.91 Å². The number of nitrogens with zero attached hydrogens (tertiary/aromatic N) is 1. The molecule has 21 heavy (non-hydrogen) atoms. The molecule has 4 nitrogen and oxygen atoms in total. The SMILES string of the molecule is O=C(NCC1(c2ccccc2)CCC1)c1cccc[n+]1[O-]. The number of pyridine rings is 1. The summed E-state index contributed by atoms with van der Waals surface area (Å²) in [6.45, 7) is 0.574. The van der Waals surface area contributed by atoms with E-state index < -0.39 is 0 Å². The van der Waals surface area contributed by atoms with Crippen molar-refractivity contribution in [1.82, 2.24) is 5.32 Å². The Morgan fingerprint density at radius 3 is 2.48 bits per heavy atom. The summed E-state index contributed by atoms with van der Waals surface area (Å²) in [4.78, 5) is 12.2. The molecule has 0 unspecified atom stereocenters. The Bertz CT molecular complexity index is 636. The van der Waals surface area contributed by atoms with Crippen LogP contribution in [0.4, 0.5) is 0 Å². The summed E-state index contributed by atoms with van der Waals surface area (Å²) in [7, 11) is 0. The van der Waals surface area contributed by atoms with Crippen molar-refractivity contribution in [3.05, 3.63) is 71.2 Å². The van der Waals surface area contributed by atoms with Crippen LogP contribution in [0.5, 0.6) is 0 Å². The highest BCUT2D eigenvalue weighted by Crippen LogP contribution is 2.43. The van der Waals surface area contributed by atoms with Gasteiger partial charge in [0.2, 0.25) is 0 Å². The molecule has 0 radical (unpaired) electrons. The highest BCUT2D eigenvalue weighted by Gasteiger charge is 2.39. The second-order valence-electron chi connectivity index (χ2n) is 5.59. The van der Waals surface area contributed by atoms with Gasteiger partial charge in [-0.05, 0) is 24.5 Å².